The molecule has 3 rings (SSSR count). The van der Waals surface area contributed by atoms with Crippen LogP contribution in [-0.2, 0) is 9.53 Å². The highest BCUT2D eigenvalue weighted by Crippen LogP contribution is 2.22. The van der Waals surface area contributed by atoms with E-state index < -0.39 is 0 Å². The zero-order valence-corrected chi connectivity index (χ0v) is 14.1. The van der Waals surface area contributed by atoms with Crippen LogP contribution < -0.4 is 10.6 Å². The van der Waals surface area contributed by atoms with Gasteiger partial charge in [-0.2, -0.15) is 0 Å². The van der Waals surface area contributed by atoms with E-state index in [9.17, 15) is 4.79 Å². The van der Waals surface area contributed by atoms with Gasteiger partial charge in [0, 0.05) is 24.8 Å². The maximum atomic E-state index is 12.2. The van der Waals surface area contributed by atoms with Crippen LogP contribution in [0.3, 0.4) is 0 Å². The number of ether oxygens (including phenoxy) is 1. The van der Waals surface area contributed by atoms with Crippen molar-refractivity contribution < 1.29 is 9.53 Å². The average molecular weight is 325 g/mol. The molecule has 2 aromatic rings. The minimum Gasteiger partial charge on any atom is -0.381 e. The summed E-state index contributed by atoms with van der Waals surface area (Å²) >= 11 is 0. The predicted molar refractivity (Wildman–Crippen MR) is 95.6 cm³/mol. The number of pyridine rings is 1. The molecule has 0 aliphatic carbocycles. The molecular weight excluding hydrogens is 302 g/mol. The Kier molecular flexibility index (Phi) is 5.11. The maximum Gasteiger partial charge on any atom is 0.228 e. The summed E-state index contributed by atoms with van der Waals surface area (Å²) < 4.78 is 5.29. The standard InChI is InChI=1S/C19H23N3O2/c1-13-3-4-14(2)17(11-13)21-16-5-6-18(20-12-16)22-19(23)15-7-9-24-10-8-15/h3-6,11-12,15,21H,7-10H2,1-2H3,(H,20,22,23). The third-order valence-electron chi connectivity index (χ3n) is 4.28. The Balaban J connectivity index is 1.62. The molecule has 0 atom stereocenters. The highest BCUT2D eigenvalue weighted by atomic mass is 16.5. The number of carbonyl (C=O) groups is 1. The molecule has 5 heteroatoms. The third-order valence-corrected chi connectivity index (χ3v) is 4.28. The number of nitrogens with zero attached hydrogens (tertiary/aromatic N) is 1. The van der Waals surface area contributed by atoms with E-state index in [2.05, 4.69) is 47.7 Å². The smallest absolute Gasteiger partial charge is 0.228 e. The fourth-order valence-corrected chi connectivity index (χ4v) is 2.76. The number of hydrogen-bond donors (Lipinski definition) is 2. The first-order valence-corrected chi connectivity index (χ1v) is 8.31. The molecule has 1 aromatic heterocycles. The van der Waals surface area contributed by atoms with E-state index in [1.54, 1.807) is 6.20 Å². The molecule has 126 valence electrons. The molecule has 0 radical (unpaired) electrons. The van der Waals surface area contributed by atoms with Gasteiger partial charge in [-0.15, -0.1) is 0 Å². The van der Waals surface area contributed by atoms with Gasteiger partial charge in [-0.3, -0.25) is 4.79 Å². The van der Waals surface area contributed by atoms with Gasteiger partial charge in [0.2, 0.25) is 5.91 Å². The van der Waals surface area contributed by atoms with Crippen LogP contribution in [0.5, 0.6) is 0 Å². The number of nitrogens with one attached hydrogen (secondary N) is 2. The second-order valence-electron chi connectivity index (χ2n) is 6.25. The molecule has 24 heavy (non-hydrogen) atoms. The average Bonchev–Trinajstić information content (AvgIpc) is 2.60. The van der Waals surface area contributed by atoms with Crippen molar-refractivity contribution in [3.63, 3.8) is 0 Å². The molecule has 2 heterocycles. The first-order valence-electron chi connectivity index (χ1n) is 8.31. The van der Waals surface area contributed by atoms with Gasteiger partial charge in [0.1, 0.15) is 5.82 Å². The van der Waals surface area contributed by atoms with Gasteiger partial charge < -0.3 is 15.4 Å². The van der Waals surface area contributed by atoms with Crippen molar-refractivity contribution in [1.82, 2.24) is 4.98 Å². The van der Waals surface area contributed by atoms with Crippen molar-refractivity contribution in [3.8, 4) is 0 Å². The molecule has 1 saturated heterocycles. The van der Waals surface area contributed by atoms with Crippen LogP contribution in [0.2, 0.25) is 0 Å². The van der Waals surface area contributed by atoms with E-state index in [4.69, 9.17) is 4.74 Å². The van der Waals surface area contributed by atoms with Crippen LogP contribution in [0.25, 0.3) is 0 Å². The van der Waals surface area contributed by atoms with E-state index in [1.807, 2.05) is 12.1 Å². The van der Waals surface area contributed by atoms with Crippen LogP contribution in [0, 0.1) is 19.8 Å². The Morgan fingerprint density at radius 2 is 1.96 bits per heavy atom. The van der Waals surface area contributed by atoms with E-state index in [-0.39, 0.29) is 11.8 Å². The molecule has 5 nitrogen and oxygen atoms in total. The van der Waals surface area contributed by atoms with Crippen molar-refractivity contribution in [1.29, 1.82) is 0 Å². The molecule has 0 bridgehead atoms. The fraction of sp³-hybridized carbons (Fsp3) is 0.368. The van der Waals surface area contributed by atoms with Gasteiger partial charge in [-0.25, -0.2) is 4.98 Å². The lowest BCUT2D eigenvalue weighted by Gasteiger charge is -2.21. The fourth-order valence-electron chi connectivity index (χ4n) is 2.76. The molecule has 0 saturated carbocycles. The lowest BCUT2D eigenvalue weighted by molar-refractivity contribution is -0.122. The SMILES string of the molecule is Cc1ccc(C)c(Nc2ccc(NC(=O)C3CCOCC3)nc2)c1. The van der Waals surface area contributed by atoms with E-state index >= 15 is 0 Å². The van der Waals surface area contributed by atoms with Gasteiger partial charge in [0.25, 0.3) is 0 Å². The first kappa shape index (κ1) is 16.5. The van der Waals surface area contributed by atoms with Gasteiger partial charge in [-0.1, -0.05) is 12.1 Å². The number of hydrogen-bond acceptors (Lipinski definition) is 4. The summed E-state index contributed by atoms with van der Waals surface area (Å²) in [5, 5.41) is 6.26. The Morgan fingerprint density at radius 1 is 1.17 bits per heavy atom. The van der Waals surface area contributed by atoms with Crippen molar-refractivity contribution in [3.05, 3.63) is 47.7 Å². The van der Waals surface area contributed by atoms with Crippen LogP contribution in [0.1, 0.15) is 24.0 Å². The minimum absolute atomic E-state index is 0.0216. The van der Waals surface area contributed by atoms with Crippen LogP contribution >= 0.6 is 0 Å². The Labute approximate surface area is 142 Å². The molecular formula is C19H23N3O2. The van der Waals surface area contributed by atoms with E-state index in [0.717, 1.165) is 24.2 Å². The lowest BCUT2D eigenvalue weighted by atomic mass is 9.99. The van der Waals surface area contributed by atoms with E-state index in [0.29, 0.717) is 19.0 Å². The Hall–Kier alpha value is -2.40. The molecule has 1 aromatic carbocycles. The summed E-state index contributed by atoms with van der Waals surface area (Å²) in [5.74, 6) is 0.632. The summed E-state index contributed by atoms with van der Waals surface area (Å²) in [6, 6.07) is 10.0. The minimum atomic E-state index is 0.0216. The van der Waals surface area contributed by atoms with Gasteiger partial charge in [0.05, 0.1) is 11.9 Å². The third kappa shape index (κ3) is 4.11. The zero-order valence-electron chi connectivity index (χ0n) is 14.1. The monoisotopic (exact) mass is 325 g/mol. The number of aryl methyl sites for hydroxylation is 2. The molecule has 2 N–H and O–H groups in total. The molecule has 0 unspecified atom stereocenters. The van der Waals surface area contributed by atoms with Crippen LogP contribution in [-0.4, -0.2) is 24.1 Å². The highest BCUT2D eigenvalue weighted by molar-refractivity contribution is 5.91. The number of aromatic nitrogens is 1. The molecule has 1 amide bonds. The van der Waals surface area contributed by atoms with Gasteiger partial charge >= 0.3 is 0 Å². The van der Waals surface area contributed by atoms with Crippen molar-refractivity contribution >= 4 is 23.1 Å². The van der Waals surface area contributed by atoms with Crippen LogP contribution in [0.15, 0.2) is 36.5 Å². The number of amides is 1. The molecule has 1 aliphatic heterocycles. The number of benzene rings is 1. The summed E-state index contributed by atoms with van der Waals surface area (Å²) in [6.45, 7) is 5.45. The number of rotatable bonds is 4. The summed E-state index contributed by atoms with van der Waals surface area (Å²) in [4.78, 5) is 16.5. The largest absolute Gasteiger partial charge is 0.381 e. The Bertz CT molecular complexity index is 707. The summed E-state index contributed by atoms with van der Waals surface area (Å²) in [5.41, 5.74) is 4.34. The summed E-state index contributed by atoms with van der Waals surface area (Å²) in [6.07, 6.45) is 3.29. The van der Waals surface area contributed by atoms with Crippen LogP contribution in [0.4, 0.5) is 17.2 Å². The molecule has 1 fully saturated rings. The Morgan fingerprint density at radius 3 is 2.67 bits per heavy atom. The van der Waals surface area contributed by atoms with Gasteiger partial charge in [0.15, 0.2) is 0 Å². The van der Waals surface area contributed by atoms with E-state index in [1.165, 1.54) is 11.1 Å². The summed E-state index contributed by atoms with van der Waals surface area (Å²) in [7, 11) is 0. The highest BCUT2D eigenvalue weighted by Gasteiger charge is 2.21. The predicted octanol–water partition coefficient (Wildman–Crippen LogP) is 3.81. The maximum absolute atomic E-state index is 12.2. The lowest BCUT2D eigenvalue weighted by Crippen LogP contribution is -2.28. The quantitative estimate of drug-likeness (QED) is 0.897. The second-order valence-corrected chi connectivity index (χ2v) is 6.25. The first-order chi connectivity index (χ1) is 11.6. The topological polar surface area (TPSA) is 63.2 Å². The number of anilines is 3. The zero-order chi connectivity index (χ0) is 16.9. The molecule has 1 aliphatic rings. The van der Waals surface area contributed by atoms with Gasteiger partial charge in [-0.05, 0) is 56.0 Å². The van der Waals surface area contributed by atoms with Crippen molar-refractivity contribution in [2.24, 2.45) is 5.92 Å². The van der Waals surface area contributed by atoms with Crippen molar-refractivity contribution in [2.45, 2.75) is 26.7 Å². The number of carbonyl (C=O) groups excluding carboxylic acids is 1. The second kappa shape index (κ2) is 7.45. The van der Waals surface area contributed by atoms with Crippen molar-refractivity contribution in [2.75, 3.05) is 23.8 Å². The molecule has 0 spiro atoms. The normalized spacial score (nSPS) is 15.1.